The lowest BCUT2D eigenvalue weighted by molar-refractivity contribution is 0.0523. The van der Waals surface area contributed by atoms with Gasteiger partial charge in [-0.3, -0.25) is 0 Å². The Hall–Kier alpha value is -3.49. The van der Waals surface area contributed by atoms with Crippen molar-refractivity contribution in [2.45, 2.75) is 52.6 Å². The van der Waals surface area contributed by atoms with Crippen LogP contribution in [0.15, 0.2) is 54.6 Å². The third-order valence-electron chi connectivity index (χ3n) is 6.54. The van der Waals surface area contributed by atoms with Crippen molar-refractivity contribution in [1.29, 1.82) is 0 Å². The molecule has 0 unspecified atom stereocenters. The van der Waals surface area contributed by atoms with E-state index in [1.54, 1.807) is 0 Å². The molecule has 1 saturated carbocycles. The fourth-order valence-corrected chi connectivity index (χ4v) is 4.85. The summed E-state index contributed by atoms with van der Waals surface area (Å²) < 4.78 is 13.8. The van der Waals surface area contributed by atoms with Crippen LogP contribution in [-0.2, 0) is 17.8 Å². The molecule has 5 heteroatoms. The second-order valence-electron chi connectivity index (χ2n) is 8.97. The third-order valence-corrected chi connectivity index (χ3v) is 6.54. The van der Waals surface area contributed by atoms with Gasteiger partial charge in [-0.25, -0.2) is 4.79 Å². The van der Waals surface area contributed by atoms with E-state index in [1.807, 2.05) is 56.3 Å². The number of hydrogen-bond donors (Lipinski definition) is 1. The van der Waals surface area contributed by atoms with Gasteiger partial charge in [0.15, 0.2) is 0 Å². The second kappa shape index (κ2) is 11.8. The molecule has 0 aliphatic heterocycles. The number of ether oxygens (including phenoxy) is 2. The zero-order valence-corrected chi connectivity index (χ0v) is 20.5. The molecule has 5 nitrogen and oxygen atoms in total. The Labute approximate surface area is 207 Å². The average molecular weight is 472 g/mol. The quantitative estimate of drug-likeness (QED) is 0.342. The van der Waals surface area contributed by atoms with Crippen LogP contribution in [0.25, 0.3) is 5.69 Å². The molecule has 3 aromatic rings. The number of aryl methyl sites for hydroxylation is 1. The SMILES string of the molecule is CCOC(=O)c1cc(CC2CCCC2)n(-c2ccccc2)c1COc1ccc(C#CCO)c(C)c1. The van der Waals surface area contributed by atoms with Crippen LogP contribution in [0.4, 0.5) is 0 Å². The van der Waals surface area contributed by atoms with Crippen LogP contribution in [0, 0.1) is 24.7 Å². The van der Waals surface area contributed by atoms with Crippen LogP contribution < -0.4 is 4.74 Å². The molecular formula is C30H33NO4. The number of esters is 1. The molecule has 0 atom stereocenters. The first-order valence-electron chi connectivity index (χ1n) is 12.4. The Bertz CT molecular complexity index is 1210. The maximum Gasteiger partial charge on any atom is 0.340 e. The Kier molecular flexibility index (Phi) is 8.28. The minimum absolute atomic E-state index is 0.173. The van der Waals surface area contributed by atoms with E-state index in [-0.39, 0.29) is 19.2 Å². The van der Waals surface area contributed by atoms with E-state index < -0.39 is 0 Å². The summed E-state index contributed by atoms with van der Waals surface area (Å²) in [4.78, 5) is 13.0. The number of hydrogen-bond acceptors (Lipinski definition) is 4. The first-order chi connectivity index (χ1) is 17.1. The minimum Gasteiger partial charge on any atom is -0.487 e. The third kappa shape index (κ3) is 5.96. The summed E-state index contributed by atoms with van der Waals surface area (Å²) >= 11 is 0. The Morgan fingerprint density at radius 3 is 2.57 bits per heavy atom. The molecule has 4 rings (SSSR count). The van der Waals surface area contributed by atoms with E-state index in [0.29, 0.717) is 23.8 Å². The van der Waals surface area contributed by atoms with Crippen molar-refractivity contribution in [3.8, 4) is 23.3 Å². The number of para-hydroxylation sites is 1. The van der Waals surface area contributed by atoms with Crippen molar-refractivity contribution in [2.75, 3.05) is 13.2 Å². The number of aliphatic hydroxyl groups is 1. The van der Waals surface area contributed by atoms with Crippen LogP contribution in [0.2, 0.25) is 0 Å². The summed E-state index contributed by atoms with van der Waals surface area (Å²) in [7, 11) is 0. The van der Waals surface area contributed by atoms with Crippen LogP contribution in [0.5, 0.6) is 5.75 Å². The molecule has 1 aliphatic carbocycles. The number of rotatable bonds is 8. The predicted octanol–water partition coefficient (Wildman–Crippen LogP) is 5.62. The zero-order chi connectivity index (χ0) is 24.6. The van der Waals surface area contributed by atoms with Gasteiger partial charge in [-0.05, 0) is 68.1 Å². The van der Waals surface area contributed by atoms with E-state index in [9.17, 15) is 4.79 Å². The fraction of sp³-hybridized carbons (Fsp3) is 0.367. The summed E-state index contributed by atoms with van der Waals surface area (Å²) in [5.74, 6) is 6.64. The molecule has 0 radical (unpaired) electrons. The average Bonchev–Trinajstić information content (AvgIpc) is 3.51. The molecule has 2 aromatic carbocycles. The first kappa shape index (κ1) is 24.6. The van der Waals surface area contributed by atoms with E-state index in [0.717, 1.165) is 34.6 Å². The summed E-state index contributed by atoms with van der Waals surface area (Å²) in [6, 6.07) is 17.8. The second-order valence-corrected chi connectivity index (χ2v) is 8.97. The zero-order valence-electron chi connectivity index (χ0n) is 20.5. The molecule has 182 valence electrons. The lowest BCUT2D eigenvalue weighted by Crippen LogP contribution is -2.13. The van der Waals surface area contributed by atoms with Gasteiger partial charge in [-0.1, -0.05) is 55.7 Å². The molecule has 0 saturated heterocycles. The Balaban J connectivity index is 1.71. The molecule has 1 heterocycles. The molecule has 1 aliphatic rings. The number of benzene rings is 2. The molecule has 1 aromatic heterocycles. The molecule has 0 spiro atoms. The number of aliphatic hydroxyl groups excluding tert-OH is 1. The molecule has 0 bridgehead atoms. The number of aromatic nitrogens is 1. The molecular weight excluding hydrogens is 438 g/mol. The molecule has 1 fully saturated rings. The maximum absolute atomic E-state index is 13.0. The van der Waals surface area contributed by atoms with Crippen LogP contribution in [-0.4, -0.2) is 28.9 Å². The summed E-state index contributed by atoms with van der Waals surface area (Å²) in [6.45, 7) is 4.17. The lowest BCUT2D eigenvalue weighted by atomic mass is 10.0. The van der Waals surface area contributed by atoms with Gasteiger partial charge in [0.05, 0.1) is 17.9 Å². The predicted molar refractivity (Wildman–Crippen MR) is 137 cm³/mol. The highest BCUT2D eigenvalue weighted by molar-refractivity contribution is 5.91. The van der Waals surface area contributed by atoms with E-state index in [1.165, 1.54) is 25.7 Å². The maximum atomic E-state index is 13.0. The van der Waals surface area contributed by atoms with Gasteiger partial charge in [0.2, 0.25) is 0 Å². The van der Waals surface area contributed by atoms with Crippen molar-refractivity contribution in [1.82, 2.24) is 4.57 Å². The van der Waals surface area contributed by atoms with Crippen LogP contribution >= 0.6 is 0 Å². The lowest BCUT2D eigenvalue weighted by Gasteiger charge is -2.17. The Morgan fingerprint density at radius 2 is 1.89 bits per heavy atom. The number of carbonyl (C=O) groups excluding carboxylic acids is 1. The topological polar surface area (TPSA) is 60.7 Å². The largest absolute Gasteiger partial charge is 0.487 e. The molecule has 0 amide bonds. The minimum atomic E-state index is -0.320. The molecule has 35 heavy (non-hydrogen) atoms. The van der Waals surface area contributed by atoms with Gasteiger partial charge < -0.3 is 19.1 Å². The summed E-state index contributed by atoms with van der Waals surface area (Å²) in [6.07, 6.45) is 5.93. The van der Waals surface area contributed by atoms with E-state index in [4.69, 9.17) is 14.6 Å². The van der Waals surface area contributed by atoms with Gasteiger partial charge in [0, 0.05) is 16.9 Å². The van der Waals surface area contributed by atoms with E-state index in [2.05, 4.69) is 28.5 Å². The monoisotopic (exact) mass is 471 g/mol. The van der Waals surface area contributed by atoms with Crippen LogP contribution in [0.3, 0.4) is 0 Å². The molecule has 1 N–H and O–H groups in total. The first-order valence-corrected chi connectivity index (χ1v) is 12.4. The highest BCUT2D eigenvalue weighted by Gasteiger charge is 2.25. The number of nitrogens with zero attached hydrogens (tertiary/aromatic N) is 1. The van der Waals surface area contributed by atoms with Crippen molar-refractivity contribution < 1.29 is 19.4 Å². The van der Waals surface area contributed by atoms with Crippen molar-refractivity contribution in [3.05, 3.63) is 82.7 Å². The highest BCUT2D eigenvalue weighted by atomic mass is 16.5. The fourth-order valence-electron chi connectivity index (χ4n) is 4.85. The van der Waals surface area contributed by atoms with Crippen molar-refractivity contribution in [2.24, 2.45) is 5.92 Å². The van der Waals surface area contributed by atoms with E-state index >= 15 is 0 Å². The normalized spacial score (nSPS) is 13.3. The van der Waals surface area contributed by atoms with Gasteiger partial charge >= 0.3 is 5.97 Å². The standard InChI is InChI=1S/C30H33NO4/c1-3-34-30(33)28-20-26(19-23-10-7-8-11-23)31(25-13-5-4-6-14-25)29(28)21-35-27-16-15-24(12-9-17-32)22(2)18-27/h4-6,13-16,18,20,23,32H,3,7-8,10-11,17,19,21H2,1-2H3. The highest BCUT2D eigenvalue weighted by Crippen LogP contribution is 2.32. The summed E-state index contributed by atoms with van der Waals surface area (Å²) in [5, 5.41) is 8.97. The van der Waals surface area contributed by atoms with Crippen molar-refractivity contribution >= 4 is 5.97 Å². The Morgan fingerprint density at radius 1 is 1.11 bits per heavy atom. The van der Waals surface area contributed by atoms with Gasteiger partial charge in [-0.15, -0.1) is 0 Å². The number of carbonyl (C=O) groups is 1. The smallest absolute Gasteiger partial charge is 0.340 e. The van der Waals surface area contributed by atoms with Crippen molar-refractivity contribution in [3.63, 3.8) is 0 Å². The van der Waals surface area contributed by atoms with Crippen LogP contribution in [0.1, 0.15) is 65.5 Å². The van der Waals surface area contributed by atoms with Gasteiger partial charge in [-0.2, -0.15) is 0 Å². The van der Waals surface area contributed by atoms with Gasteiger partial charge in [0.25, 0.3) is 0 Å². The van der Waals surface area contributed by atoms with Gasteiger partial charge in [0.1, 0.15) is 19.0 Å². The summed E-state index contributed by atoms with van der Waals surface area (Å²) in [5.41, 5.74) is 5.31.